The summed E-state index contributed by atoms with van der Waals surface area (Å²) in [4.78, 5) is 16.4. The number of rotatable bonds is 10. The summed E-state index contributed by atoms with van der Waals surface area (Å²) in [6.07, 6.45) is 6.49. The highest BCUT2D eigenvalue weighted by molar-refractivity contribution is 14.0. The molecule has 1 aliphatic rings. The Hall–Kier alpha value is -1.55. The number of anilines is 1. The van der Waals surface area contributed by atoms with Crippen molar-refractivity contribution in [3.8, 4) is 5.75 Å². The molecule has 29 heavy (non-hydrogen) atoms. The summed E-state index contributed by atoms with van der Waals surface area (Å²) in [5, 5.41) is 9.49. The number of hydrogen-bond acceptors (Lipinski definition) is 4. The molecule has 0 bridgehead atoms. The highest BCUT2D eigenvalue weighted by atomic mass is 127. The highest BCUT2D eigenvalue weighted by Gasteiger charge is 2.20. The molecular weight excluding hydrogens is 483 g/mol. The maximum atomic E-state index is 12.2. The van der Waals surface area contributed by atoms with Gasteiger partial charge in [-0.15, -0.1) is 24.0 Å². The van der Waals surface area contributed by atoms with Gasteiger partial charge in [0, 0.05) is 57.9 Å². The second-order valence-electron chi connectivity index (χ2n) is 6.97. The van der Waals surface area contributed by atoms with Crippen molar-refractivity contribution in [3.05, 3.63) is 24.3 Å². The second-order valence-corrected chi connectivity index (χ2v) is 6.97. The first-order valence-electron chi connectivity index (χ1n) is 10.2. The number of nitrogens with zero attached hydrogens (tertiary/aromatic N) is 1. The van der Waals surface area contributed by atoms with E-state index in [4.69, 9.17) is 9.47 Å². The largest absolute Gasteiger partial charge is 0.493 e. The van der Waals surface area contributed by atoms with Crippen molar-refractivity contribution in [2.45, 2.75) is 38.5 Å². The standard InChI is InChI=1S/C21H34N4O3.HI/c1-22-21(24-13-12-23-20(26)17-8-4-3-5-9-17)25-18-10-6-11-19(16-18)28-15-7-14-27-2;/h6,10-11,16-17H,3-5,7-9,12-15H2,1-2H3,(H,23,26)(H2,22,24,25);1H. The van der Waals surface area contributed by atoms with E-state index in [1.54, 1.807) is 14.2 Å². The zero-order chi connectivity index (χ0) is 20.0. The van der Waals surface area contributed by atoms with Crippen LogP contribution in [0.3, 0.4) is 0 Å². The lowest BCUT2D eigenvalue weighted by atomic mass is 9.89. The Balaban J connectivity index is 0.00000420. The molecule has 1 aromatic carbocycles. The molecule has 164 valence electrons. The number of halogens is 1. The molecule has 0 radical (unpaired) electrons. The summed E-state index contributed by atoms with van der Waals surface area (Å²) in [6, 6.07) is 7.75. The lowest BCUT2D eigenvalue weighted by Crippen LogP contribution is -2.40. The molecule has 0 spiro atoms. The Kier molecular flexibility index (Phi) is 13.5. The smallest absolute Gasteiger partial charge is 0.223 e. The van der Waals surface area contributed by atoms with Crippen LogP contribution in [-0.4, -0.2) is 52.3 Å². The first-order chi connectivity index (χ1) is 13.7. The monoisotopic (exact) mass is 518 g/mol. The van der Waals surface area contributed by atoms with Gasteiger partial charge in [0.15, 0.2) is 5.96 Å². The molecule has 0 unspecified atom stereocenters. The predicted molar refractivity (Wildman–Crippen MR) is 128 cm³/mol. The number of guanidine groups is 1. The SMILES string of the molecule is CN=C(NCCNC(=O)C1CCCCC1)Nc1cccc(OCCCOC)c1.I. The molecule has 0 aromatic heterocycles. The zero-order valence-corrected chi connectivity index (χ0v) is 19.9. The van der Waals surface area contributed by atoms with Crippen LogP contribution in [0.1, 0.15) is 38.5 Å². The van der Waals surface area contributed by atoms with Crippen LogP contribution in [-0.2, 0) is 9.53 Å². The molecule has 0 atom stereocenters. The molecule has 3 N–H and O–H groups in total. The molecule has 1 amide bonds. The Morgan fingerprint density at radius 2 is 1.90 bits per heavy atom. The van der Waals surface area contributed by atoms with E-state index in [-0.39, 0.29) is 35.8 Å². The quantitative estimate of drug-likeness (QED) is 0.192. The fourth-order valence-electron chi connectivity index (χ4n) is 3.25. The fourth-order valence-corrected chi connectivity index (χ4v) is 3.25. The van der Waals surface area contributed by atoms with Crippen molar-refractivity contribution >= 4 is 41.5 Å². The third-order valence-corrected chi connectivity index (χ3v) is 4.77. The number of hydrogen-bond donors (Lipinski definition) is 3. The van der Waals surface area contributed by atoms with Crippen LogP contribution < -0.4 is 20.7 Å². The third-order valence-electron chi connectivity index (χ3n) is 4.77. The van der Waals surface area contributed by atoms with Gasteiger partial charge in [0.2, 0.25) is 5.91 Å². The maximum absolute atomic E-state index is 12.2. The van der Waals surface area contributed by atoms with Crippen molar-refractivity contribution < 1.29 is 14.3 Å². The van der Waals surface area contributed by atoms with Gasteiger partial charge < -0.3 is 25.4 Å². The average Bonchev–Trinajstić information content (AvgIpc) is 2.74. The Labute approximate surface area is 191 Å². The van der Waals surface area contributed by atoms with Gasteiger partial charge in [-0.2, -0.15) is 0 Å². The number of nitrogens with one attached hydrogen (secondary N) is 3. The van der Waals surface area contributed by atoms with Gasteiger partial charge in [-0.25, -0.2) is 0 Å². The van der Waals surface area contributed by atoms with Gasteiger partial charge in [0.05, 0.1) is 6.61 Å². The molecule has 2 rings (SSSR count). The van der Waals surface area contributed by atoms with Gasteiger partial charge in [-0.1, -0.05) is 25.3 Å². The van der Waals surface area contributed by atoms with E-state index >= 15 is 0 Å². The third kappa shape index (κ3) is 10.2. The molecule has 1 aliphatic carbocycles. The number of benzene rings is 1. The number of carbonyl (C=O) groups excluding carboxylic acids is 1. The van der Waals surface area contributed by atoms with Crippen LogP contribution in [0.15, 0.2) is 29.3 Å². The number of methoxy groups -OCH3 is 1. The Morgan fingerprint density at radius 3 is 2.62 bits per heavy atom. The van der Waals surface area contributed by atoms with Crippen LogP contribution in [0, 0.1) is 5.92 Å². The van der Waals surface area contributed by atoms with E-state index in [2.05, 4.69) is 20.9 Å². The van der Waals surface area contributed by atoms with Crippen LogP contribution in [0.25, 0.3) is 0 Å². The van der Waals surface area contributed by atoms with Gasteiger partial charge in [-0.3, -0.25) is 9.79 Å². The maximum Gasteiger partial charge on any atom is 0.223 e. The summed E-state index contributed by atoms with van der Waals surface area (Å²) >= 11 is 0. The summed E-state index contributed by atoms with van der Waals surface area (Å²) in [6.45, 7) is 2.50. The molecule has 1 saturated carbocycles. The summed E-state index contributed by atoms with van der Waals surface area (Å²) in [5.74, 6) is 1.83. The van der Waals surface area contributed by atoms with Gasteiger partial charge in [-0.05, 0) is 25.0 Å². The van der Waals surface area contributed by atoms with E-state index in [0.717, 1.165) is 30.7 Å². The van der Waals surface area contributed by atoms with E-state index < -0.39 is 0 Å². The van der Waals surface area contributed by atoms with Crippen LogP contribution in [0.5, 0.6) is 5.75 Å². The van der Waals surface area contributed by atoms with Crippen molar-refractivity contribution in [3.63, 3.8) is 0 Å². The zero-order valence-electron chi connectivity index (χ0n) is 17.5. The molecule has 8 heteroatoms. The molecular formula is C21H35IN4O3. The van der Waals surface area contributed by atoms with Crippen molar-refractivity contribution in [2.75, 3.05) is 45.8 Å². The van der Waals surface area contributed by atoms with E-state index in [1.165, 1.54) is 19.3 Å². The first-order valence-corrected chi connectivity index (χ1v) is 10.2. The number of aliphatic imine (C=N–C) groups is 1. The topological polar surface area (TPSA) is 84.0 Å². The summed E-state index contributed by atoms with van der Waals surface area (Å²) in [5.41, 5.74) is 0.892. The normalized spacial score (nSPS) is 14.6. The van der Waals surface area contributed by atoms with E-state index in [9.17, 15) is 4.79 Å². The Bertz CT molecular complexity index is 622. The van der Waals surface area contributed by atoms with Crippen molar-refractivity contribution in [2.24, 2.45) is 10.9 Å². The molecule has 7 nitrogen and oxygen atoms in total. The van der Waals surface area contributed by atoms with Crippen LogP contribution in [0.2, 0.25) is 0 Å². The predicted octanol–water partition coefficient (Wildman–Crippen LogP) is 3.40. The van der Waals surface area contributed by atoms with E-state index in [1.807, 2.05) is 24.3 Å². The molecule has 0 heterocycles. The molecule has 1 fully saturated rings. The van der Waals surface area contributed by atoms with E-state index in [0.29, 0.717) is 32.3 Å². The van der Waals surface area contributed by atoms with Crippen LogP contribution in [0.4, 0.5) is 5.69 Å². The molecule has 0 aliphatic heterocycles. The minimum Gasteiger partial charge on any atom is -0.493 e. The highest BCUT2D eigenvalue weighted by Crippen LogP contribution is 2.23. The van der Waals surface area contributed by atoms with Crippen LogP contribution >= 0.6 is 24.0 Å². The van der Waals surface area contributed by atoms with Gasteiger partial charge in [0.25, 0.3) is 0 Å². The minimum atomic E-state index is 0. The second kappa shape index (κ2) is 15.3. The Morgan fingerprint density at radius 1 is 1.14 bits per heavy atom. The summed E-state index contributed by atoms with van der Waals surface area (Å²) in [7, 11) is 3.41. The van der Waals surface area contributed by atoms with Gasteiger partial charge >= 0.3 is 0 Å². The molecule has 0 saturated heterocycles. The minimum absolute atomic E-state index is 0. The summed E-state index contributed by atoms with van der Waals surface area (Å²) < 4.78 is 10.7. The lowest BCUT2D eigenvalue weighted by Gasteiger charge is -2.21. The number of carbonyl (C=O) groups is 1. The molecule has 1 aromatic rings. The number of ether oxygens (including phenoxy) is 2. The fraction of sp³-hybridized carbons (Fsp3) is 0.619. The van der Waals surface area contributed by atoms with Crippen molar-refractivity contribution in [1.29, 1.82) is 0 Å². The lowest BCUT2D eigenvalue weighted by molar-refractivity contribution is -0.125. The van der Waals surface area contributed by atoms with Gasteiger partial charge in [0.1, 0.15) is 5.75 Å². The van der Waals surface area contributed by atoms with Crippen molar-refractivity contribution in [1.82, 2.24) is 10.6 Å². The number of amides is 1. The first kappa shape index (κ1) is 25.5. The average molecular weight is 518 g/mol.